The molecule has 0 saturated heterocycles. The van der Waals surface area contributed by atoms with Crippen LogP contribution in [0.15, 0.2) is 16.6 Å². The van der Waals surface area contributed by atoms with Crippen molar-refractivity contribution in [2.75, 3.05) is 6.54 Å². The van der Waals surface area contributed by atoms with Crippen LogP contribution in [-0.4, -0.2) is 22.6 Å². The van der Waals surface area contributed by atoms with E-state index in [-0.39, 0.29) is 17.3 Å². The minimum atomic E-state index is -0.950. The average molecular weight is 330 g/mol. The molecule has 1 aromatic carbocycles. The monoisotopic (exact) mass is 329 g/mol. The van der Waals surface area contributed by atoms with Crippen LogP contribution in [0.5, 0.6) is 0 Å². The second kappa shape index (κ2) is 4.78. The first-order valence-electron chi connectivity index (χ1n) is 6.20. The molecule has 5 heteroatoms. The molecule has 0 aromatic heterocycles. The lowest BCUT2D eigenvalue weighted by Gasteiger charge is -2.43. The average Bonchev–Trinajstić information content (AvgIpc) is 2.31. The Balaban J connectivity index is 2.60. The highest BCUT2D eigenvalue weighted by molar-refractivity contribution is 9.10. The van der Waals surface area contributed by atoms with Gasteiger partial charge in [0.1, 0.15) is 5.82 Å². The van der Waals surface area contributed by atoms with Crippen molar-refractivity contribution < 1.29 is 14.3 Å². The first-order chi connectivity index (χ1) is 8.73. The molecule has 1 atom stereocenters. The second-order valence-electron chi connectivity index (χ2n) is 5.92. The van der Waals surface area contributed by atoms with Crippen molar-refractivity contribution in [2.45, 2.75) is 33.2 Å². The van der Waals surface area contributed by atoms with E-state index in [0.717, 1.165) is 5.56 Å². The number of fused-ring (bicyclic) bond motifs is 1. The third-order valence-corrected chi connectivity index (χ3v) is 4.12. The lowest BCUT2D eigenvalue weighted by atomic mass is 9.77. The van der Waals surface area contributed by atoms with Gasteiger partial charge in [0.15, 0.2) is 0 Å². The lowest BCUT2D eigenvalue weighted by molar-refractivity contribution is 0.0752. The van der Waals surface area contributed by atoms with E-state index >= 15 is 0 Å². The van der Waals surface area contributed by atoms with Gasteiger partial charge in [-0.25, -0.2) is 9.18 Å². The zero-order valence-corrected chi connectivity index (χ0v) is 12.8. The number of carbonyl (C=O) groups is 1. The minimum absolute atomic E-state index is 0.267. The molecule has 1 amide bonds. The summed E-state index contributed by atoms with van der Waals surface area (Å²) in [6.07, 6.45) is -0.534. The molecule has 1 heterocycles. The molecule has 0 bridgehead atoms. The van der Waals surface area contributed by atoms with Crippen LogP contribution >= 0.6 is 15.9 Å². The van der Waals surface area contributed by atoms with Gasteiger partial charge in [-0.3, -0.25) is 0 Å². The van der Waals surface area contributed by atoms with Crippen molar-refractivity contribution in [2.24, 2.45) is 5.41 Å². The second-order valence-corrected chi connectivity index (χ2v) is 6.78. The van der Waals surface area contributed by atoms with Crippen molar-refractivity contribution in [1.82, 2.24) is 4.90 Å². The fourth-order valence-electron chi connectivity index (χ4n) is 2.79. The molecule has 1 unspecified atom stereocenters. The minimum Gasteiger partial charge on any atom is -0.465 e. The Morgan fingerprint density at radius 1 is 1.47 bits per heavy atom. The summed E-state index contributed by atoms with van der Waals surface area (Å²) >= 11 is 3.18. The fraction of sp³-hybridized carbons (Fsp3) is 0.500. The molecule has 1 aliphatic rings. The van der Waals surface area contributed by atoms with Crippen LogP contribution in [-0.2, 0) is 6.42 Å². The third-order valence-electron chi connectivity index (χ3n) is 3.51. The maximum absolute atomic E-state index is 14.2. The predicted molar refractivity (Wildman–Crippen MR) is 74.7 cm³/mol. The topological polar surface area (TPSA) is 40.5 Å². The number of hydrogen-bond acceptors (Lipinski definition) is 1. The molecule has 3 nitrogen and oxygen atoms in total. The number of nitrogens with zero attached hydrogens (tertiary/aromatic N) is 1. The maximum atomic E-state index is 14.2. The Labute approximate surface area is 120 Å². The molecule has 19 heavy (non-hydrogen) atoms. The summed E-state index contributed by atoms with van der Waals surface area (Å²) < 4.78 is 14.6. The highest BCUT2D eigenvalue weighted by atomic mass is 79.9. The standard InChI is InChI=1S/C14H17BrFNO2/c1-14(2,3)12-9-4-5-10(15)11(16)8(9)6-7-17(12)13(18)19/h4-5,12H,6-7H2,1-3H3,(H,18,19). The number of benzene rings is 1. The van der Waals surface area contributed by atoms with Crippen LogP contribution in [0.25, 0.3) is 0 Å². The van der Waals surface area contributed by atoms with Gasteiger partial charge in [-0.1, -0.05) is 26.8 Å². The first kappa shape index (κ1) is 14.3. The molecular weight excluding hydrogens is 313 g/mol. The number of amides is 1. The van der Waals surface area contributed by atoms with Crippen LogP contribution in [0.2, 0.25) is 0 Å². The van der Waals surface area contributed by atoms with Crippen LogP contribution in [0, 0.1) is 11.2 Å². The van der Waals surface area contributed by atoms with Gasteiger partial charge in [0.2, 0.25) is 0 Å². The van der Waals surface area contributed by atoms with E-state index in [1.807, 2.05) is 26.8 Å². The number of carboxylic acid groups (broad SMARTS) is 1. The van der Waals surface area contributed by atoms with Crippen LogP contribution < -0.4 is 0 Å². The Bertz CT molecular complexity index is 525. The SMILES string of the molecule is CC(C)(C)C1c2ccc(Br)c(F)c2CCN1C(=O)O. The Morgan fingerprint density at radius 2 is 2.11 bits per heavy atom. The summed E-state index contributed by atoms with van der Waals surface area (Å²) in [5.74, 6) is -0.267. The lowest BCUT2D eigenvalue weighted by Crippen LogP contribution is -2.45. The molecule has 1 aliphatic heterocycles. The normalized spacial score (nSPS) is 19.2. The van der Waals surface area contributed by atoms with Gasteiger partial charge in [-0.2, -0.15) is 0 Å². The highest BCUT2D eigenvalue weighted by Gasteiger charge is 2.39. The Morgan fingerprint density at radius 3 is 2.63 bits per heavy atom. The summed E-state index contributed by atoms with van der Waals surface area (Å²) in [6.45, 7) is 6.26. The summed E-state index contributed by atoms with van der Waals surface area (Å²) in [7, 11) is 0. The van der Waals surface area contributed by atoms with E-state index < -0.39 is 6.09 Å². The predicted octanol–water partition coefficient (Wildman–Crippen LogP) is 4.21. The quantitative estimate of drug-likeness (QED) is 0.774. The van der Waals surface area contributed by atoms with Crippen molar-refractivity contribution in [3.8, 4) is 0 Å². The van der Waals surface area contributed by atoms with Gasteiger partial charge >= 0.3 is 6.09 Å². The highest BCUT2D eigenvalue weighted by Crippen LogP contribution is 2.43. The van der Waals surface area contributed by atoms with Gasteiger partial charge in [-0.05, 0) is 45.0 Å². The third kappa shape index (κ3) is 2.48. The number of halogens is 2. The first-order valence-corrected chi connectivity index (χ1v) is 6.99. The van der Waals surface area contributed by atoms with E-state index in [4.69, 9.17) is 0 Å². The van der Waals surface area contributed by atoms with E-state index in [2.05, 4.69) is 15.9 Å². The van der Waals surface area contributed by atoms with Crippen molar-refractivity contribution >= 4 is 22.0 Å². The summed E-state index contributed by atoms with van der Waals surface area (Å²) in [5, 5.41) is 9.34. The zero-order chi connectivity index (χ0) is 14.4. The van der Waals surface area contributed by atoms with Crippen molar-refractivity contribution in [3.05, 3.63) is 33.5 Å². The van der Waals surface area contributed by atoms with Crippen molar-refractivity contribution in [3.63, 3.8) is 0 Å². The summed E-state index contributed by atoms with van der Waals surface area (Å²) in [6, 6.07) is 3.16. The van der Waals surface area contributed by atoms with E-state index in [1.165, 1.54) is 4.90 Å². The van der Waals surface area contributed by atoms with Gasteiger partial charge < -0.3 is 10.0 Å². The number of hydrogen-bond donors (Lipinski definition) is 1. The molecular formula is C14H17BrFNO2. The molecule has 0 radical (unpaired) electrons. The molecule has 2 rings (SSSR count). The van der Waals surface area contributed by atoms with Crippen molar-refractivity contribution in [1.29, 1.82) is 0 Å². The van der Waals surface area contributed by atoms with Crippen LogP contribution in [0.1, 0.15) is 37.9 Å². The Hall–Kier alpha value is -1.10. The molecule has 104 valence electrons. The Kier molecular flexibility index (Phi) is 3.60. The largest absolute Gasteiger partial charge is 0.465 e. The van der Waals surface area contributed by atoms with Gasteiger partial charge in [-0.15, -0.1) is 0 Å². The number of rotatable bonds is 0. The van der Waals surface area contributed by atoms with Gasteiger partial charge in [0.25, 0.3) is 0 Å². The summed E-state index contributed by atoms with van der Waals surface area (Å²) in [5.41, 5.74) is 1.13. The molecule has 0 fully saturated rings. The van der Waals surface area contributed by atoms with Crippen LogP contribution in [0.3, 0.4) is 0 Å². The van der Waals surface area contributed by atoms with E-state index in [9.17, 15) is 14.3 Å². The molecule has 0 spiro atoms. The molecule has 0 aliphatic carbocycles. The molecule has 1 aromatic rings. The van der Waals surface area contributed by atoms with E-state index in [0.29, 0.717) is 23.0 Å². The van der Waals surface area contributed by atoms with Crippen LogP contribution in [0.4, 0.5) is 9.18 Å². The smallest absolute Gasteiger partial charge is 0.407 e. The fourth-order valence-corrected chi connectivity index (χ4v) is 3.16. The zero-order valence-electron chi connectivity index (χ0n) is 11.2. The maximum Gasteiger partial charge on any atom is 0.407 e. The van der Waals surface area contributed by atoms with E-state index in [1.54, 1.807) is 6.07 Å². The van der Waals surface area contributed by atoms with Gasteiger partial charge in [0, 0.05) is 6.54 Å². The molecule has 0 saturated carbocycles. The molecule has 1 N–H and O–H groups in total. The summed E-state index contributed by atoms with van der Waals surface area (Å²) in [4.78, 5) is 12.8. The van der Waals surface area contributed by atoms with Gasteiger partial charge in [0.05, 0.1) is 10.5 Å².